The van der Waals surface area contributed by atoms with E-state index in [1.165, 1.54) is 0 Å². The molecular formula is C16H24N4. The molecule has 0 bridgehead atoms. The number of nitrogens with zero attached hydrogens (tertiary/aromatic N) is 3. The zero-order valence-corrected chi connectivity index (χ0v) is 12.5. The van der Waals surface area contributed by atoms with Crippen molar-refractivity contribution in [3.63, 3.8) is 0 Å². The van der Waals surface area contributed by atoms with Gasteiger partial charge >= 0.3 is 0 Å². The summed E-state index contributed by atoms with van der Waals surface area (Å²) in [5.41, 5.74) is 0.828. The highest BCUT2D eigenvalue weighted by atomic mass is 15.1. The summed E-state index contributed by atoms with van der Waals surface area (Å²) < 4.78 is 0. The molecule has 1 aliphatic rings. The van der Waals surface area contributed by atoms with Crippen molar-refractivity contribution in [3.8, 4) is 6.07 Å². The molecule has 0 spiro atoms. The van der Waals surface area contributed by atoms with Gasteiger partial charge in [0.25, 0.3) is 0 Å². The normalized spacial score (nSPS) is 25.8. The van der Waals surface area contributed by atoms with Crippen LogP contribution in [0.25, 0.3) is 0 Å². The van der Waals surface area contributed by atoms with E-state index in [1.54, 1.807) is 0 Å². The Morgan fingerprint density at radius 1 is 1.55 bits per heavy atom. The molecule has 2 rings (SSSR count). The van der Waals surface area contributed by atoms with E-state index in [1.807, 2.05) is 18.3 Å². The summed E-state index contributed by atoms with van der Waals surface area (Å²) in [6, 6.07) is 9.03. The Hall–Kier alpha value is -1.44. The van der Waals surface area contributed by atoms with Crippen LogP contribution in [-0.2, 0) is 6.42 Å². The van der Waals surface area contributed by atoms with Crippen molar-refractivity contribution in [2.24, 2.45) is 0 Å². The minimum Gasteiger partial charge on any atom is -0.303 e. The number of aromatic nitrogens is 1. The highest BCUT2D eigenvalue weighted by molar-refractivity contribution is 5.13. The minimum absolute atomic E-state index is 0.307. The largest absolute Gasteiger partial charge is 0.303 e. The molecule has 0 saturated heterocycles. The molecule has 0 radical (unpaired) electrons. The number of likely N-dealkylation sites (N-methyl/N-ethyl adjacent to an activating group) is 1. The van der Waals surface area contributed by atoms with Crippen LogP contribution in [0.5, 0.6) is 0 Å². The number of nitriles is 1. The van der Waals surface area contributed by atoms with Crippen molar-refractivity contribution in [1.82, 2.24) is 15.2 Å². The molecule has 2 atom stereocenters. The van der Waals surface area contributed by atoms with E-state index in [9.17, 15) is 5.26 Å². The maximum Gasteiger partial charge on any atom is 0.108 e. The molecule has 0 aromatic carbocycles. The van der Waals surface area contributed by atoms with Gasteiger partial charge in [-0.1, -0.05) is 13.0 Å². The lowest BCUT2D eigenvalue weighted by Crippen LogP contribution is -2.43. The highest BCUT2D eigenvalue weighted by Crippen LogP contribution is 2.32. The van der Waals surface area contributed by atoms with E-state index in [4.69, 9.17) is 0 Å². The molecule has 1 aromatic rings. The zero-order chi connectivity index (χ0) is 14.4. The minimum atomic E-state index is -0.307. The summed E-state index contributed by atoms with van der Waals surface area (Å²) in [6.45, 7) is 3.92. The predicted molar refractivity (Wildman–Crippen MR) is 80.2 cm³/mol. The maximum absolute atomic E-state index is 9.41. The zero-order valence-electron chi connectivity index (χ0n) is 12.5. The van der Waals surface area contributed by atoms with Gasteiger partial charge in [-0.25, -0.2) is 0 Å². The first kappa shape index (κ1) is 15.0. The van der Waals surface area contributed by atoms with Gasteiger partial charge in [0.05, 0.1) is 6.07 Å². The van der Waals surface area contributed by atoms with E-state index in [0.717, 1.165) is 44.5 Å². The van der Waals surface area contributed by atoms with Crippen molar-refractivity contribution in [2.45, 2.75) is 44.2 Å². The van der Waals surface area contributed by atoms with Gasteiger partial charge in [0.1, 0.15) is 5.54 Å². The third kappa shape index (κ3) is 3.56. The molecule has 1 heterocycles. The van der Waals surface area contributed by atoms with Crippen LogP contribution < -0.4 is 5.32 Å². The topological polar surface area (TPSA) is 52.0 Å². The van der Waals surface area contributed by atoms with Crippen LogP contribution in [0.15, 0.2) is 24.4 Å². The van der Waals surface area contributed by atoms with Gasteiger partial charge in [-0.05, 0) is 45.0 Å². The van der Waals surface area contributed by atoms with Crippen LogP contribution in [0.2, 0.25) is 0 Å². The molecule has 1 aliphatic carbocycles. The Morgan fingerprint density at radius 2 is 2.40 bits per heavy atom. The van der Waals surface area contributed by atoms with Gasteiger partial charge in [0, 0.05) is 30.9 Å². The predicted octanol–water partition coefficient (Wildman–Crippen LogP) is 1.98. The van der Waals surface area contributed by atoms with Crippen LogP contribution in [0.3, 0.4) is 0 Å². The summed E-state index contributed by atoms with van der Waals surface area (Å²) in [7, 11) is 2.16. The first-order valence-corrected chi connectivity index (χ1v) is 7.45. The first-order valence-electron chi connectivity index (χ1n) is 7.45. The van der Waals surface area contributed by atoms with Gasteiger partial charge in [0.15, 0.2) is 0 Å². The maximum atomic E-state index is 9.41. The highest BCUT2D eigenvalue weighted by Gasteiger charge is 2.40. The molecule has 20 heavy (non-hydrogen) atoms. The summed E-state index contributed by atoms with van der Waals surface area (Å²) >= 11 is 0. The van der Waals surface area contributed by atoms with E-state index >= 15 is 0 Å². The van der Waals surface area contributed by atoms with Crippen LogP contribution in [0, 0.1) is 11.3 Å². The molecule has 1 saturated carbocycles. The van der Waals surface area contributed by atoms with Crippen molar-refractivity contribution in [2.75, 3.05) is 20.1 Å². The standard InChI is InChI=1S/C16H24N4/c1-3-19-16(13-17)9-7-15(12-16)20(2)11-8-14-6-4-5-10-18-14/h4-6,10,15,19H,3,7-9,11-12H2,1-2H3. The lowest BCUT2D eigenvalue weighted by molar-refractivity contribution is 0.238. The Kier molecular flexibility index (Phi) is 5.11. The van der Waals surface area contributed by atoms with E-state index in [2.05, 4.69) is 41.3 Å². The van der Waals surface area contributed by atoms with Gasteiger partial charge in [-0.3, -0.25) is 10.3 Å². The fraction of sp³-hybridized carbons (Fsp3) is 0.625. The molecular weight excluding hydrogens is 248 g/mol. The average molecular weight is 272 g/mol. The summed E-state index contributed by atoms with van der Waals surface area (Å²) in [5, 5.41) is 12.8. The molecule has 1 N–H and O–H groups in total. The lowest BCUT2D eigenvalue weighted by atomic mass is 9.99. The van der Waals surface area contributed by atoms with Crippen LogP contribution >= 0.6 is 0 Å². The number of hydrogen-bond acceptors (Lipinski definition) is 4. The second kappa shape index (κ2) is 6.83. The molecule has 4 heteroatoms. The third-order valence-corrected chi connectivity index (χ3v) is 4.29. The summed E-state index contributed by atoms with van der Waals surface area (Å²) in [5.74, 6) is 0. The smallest absolute Gasteiger partial charge is 0.108 e. The fourth-order valence-electron chi connectivity index (χ4n) is 3.06. The quantitative estimate of drug-likeness (QED) is 0.860. The Morgan fingerprint density at radius 3 is 3.05 bits per heavy atom. The van der Waals surface area contributed by atoms with Crippen LogP contribution in [0.1, 0.15) is 31.9 Å². The Balaban J connectivity index is 1.85. The van der Waals surface area contributed by atoms with E-state index < -0.39 is 0 Å². The monoisotopic (exact) mass is 272 g/mol. The van der Waals surface area contributed by atoms with Gasteiger partial charge in [-0.2, -0.15) is 5.26 Å². The number of hydrogen-bond donors (Lipinski definition) is 1. The number of pyridine rings is 1. The fourth-order valence-corrected chi connectivity index (χ4v) is 3.06. The lowest BCUT2D eigenvalue weighted by Gasteiger charge is -2.26. The molecule has 0 aliphatic heterocycles. The van der Waals surface area contributed by atoms with Gasteiger partial charge in [-0.15, -0.1) is 0 Å². The average Bonchev–Trinajstić information content (AvgIpc) is 2.91. The number of nitrogens with one attached hydrogen (secondary N) is 1. The second-order valence-electron chi connectivity index (χ2n) is 5.67. The van der Waals surface area contributed by atoms with Crippen LogP contribution in [0.4, 0.5) is 0 Å². The third-order valence-electron chi connectivity index (χ3n) is 4.29. The summed E-state index contributed by atoms with van der Waals surface area (Å²) in [4.78, 5) is 6.74. The summed E-state index contributed by atoms with van der Waals surface area (Å²) in [6.07, 6.45) is 5.79. The van der Waals surface area contributed by atoms with Crippen molar-refractivity contribution in [1.29, 1.82) is 5.26 Å². The molecule has 108 valence electrons. The molecule has 1 aromatic heterocycles. The van der Waals surface area contributed by atoms with Crippen LogP contribution in [-0.4, -0.2) is 41.6 Å². The Bertz CT molecular complexity index is 453. The van der Waals surface area contributed by atoms with Crippen molar-refractivity contribution < 1.29 is 0 Å². The Labute approximate surface area is 121 Å². The van der Waals surface area contributed by atoms with Crippen molar-refractivity contribution >= 4 is 0 Å². The molecule has 2 unspecified atom stereocenters. The van der Waals surface area contributed by atoms with Gasteiger partial charge in [0.2, 0.25) is 0 Å². The molecule has 1 fully saturated rings. The van der Waals surface area contributed by atoms with E-state index in [0.29, 0.717) is 6.04 Å². The first-order chi connectivity index (χ1) is 9.69. The molecule has 0 amide bonds. The van der Waals surface area contributed by atoms with E-state index in [-0.39, 0.29) is 5.54 Å². The SMILES string of the molecule is CCNC1(C#N)CCC(N(C)CCc2ccccn2)C1. The van der Waals surface area contributed by atoms with Gasteiger partial charge < -0.3 is 4.90 Å². The number of rotatable bonds is 6. The van der Waals surface area contributed by atoms with Crippen molar-refractivity contribution in [3.05, 3.63) is 30.1 Å². The molecule has 4 nitrogen and oxygen atoms in total. The second-order valence-corrected chi connectivity index (χ2v) is 5.67.